The van der Waals surface area contributed by atoms with Crippen molar-refractivity contribution < 1.29 is 22.4 Å². The maximum absolute atomic E-state index is 13.0. The Morgan fingerprint density at radius 3 is 2.38 bits per heavy atom. The van der Waals surface area contributed by atoms with Gasteiger partial charge in [0.15, 0.2) is 0 Å². The second kappa shape index (κ2) is 9.65. The van der Waals surface area contributed by atoms with Crippen molar-refractivity contribution in [3.63, 3.8) is 0 Å². The topological polar surface area (TPSA) is 129 Å². The van der Waals surface area contributed by atoms with Crippen LogP contribution in [-0.4, -0.2) is 44.5 Å². The molecule has 3 N–H and O–H groups in total. The van der Waals surface area contributed by atoms with E-state index in [4.69, 9.17) is 0 Å². The Balaban J connectivity index is 1.40. The first kappa shape index (κ1) is 23.5. The van der Waals surface area contributed by atoms with Crippen molar-refractivity contribution in [3.8, 4) is 0 Å². The first-order chi connectivity index (χ1) is 16.2. The third-order valence-corrected chi connectivity index (χ3v) is 6.77. The Labute approximate surface area is 195 Å². The smallest absolute Gasteiger partial charge is 0.258 e. The molecule has 1 aliphatic heterocycles. The van der Waals surface area contributed by atoms with Gasteiger partial charge in [-0.1, -0.05) is 6.08 Å². The van der Waals surface area contributed by atoms with Crippen LogP contribution in [0.25, 0.3) is 0 Å². The van der Waals surface area contributed by atoms with E-state index in [1.54, 1.807) is 12.3 Å². The number of sulfonamides is 1. The van der Waals surface area contributed by atoms with E-state index in [9.17, 15) is 22.4 Å². The predicted molar refractivity (Wildman–Crippen MR) is 126 cm³/mol. The van der Waals surface area contributed by atoms with E-state index >= 15 is 0 Å². The molecule has 2 amide bonds. The summed E-state index contributed by atoms with van der Waals surface area (Å²) in [6, 6.07) is 10.3. The van der Waals surface area contributed by atoms with E-state index in [0.29, 0.717) is 18.5 Å². The summed E-state index contributed by atoms with van der Waals surface area (Å²) in [6.07, 6.45) is 4.39. The van der Waals surface area contributed by atoms with Crippen LogP contribution in [0.1, 0.15) is 30.1 Å². The number of carbonyl (C=O) groups is 2. The second-order valence-corrected chi connectivity index (χ2v) is 9.58. The number of nitrogens with zero attached hydrogens (tertiary/aromatic N) is 2. The average Bonchev–Trinajstić information content (AvgIpc) is 2.79. The maximum Gasteiger partial charge on any atom is 0.258 e. The van der Waals surface area contributed by atoms with Crippen LogP contribution in [0.5, 0.6) is 0 Å². The highest BCUT2D eigenvalue weighted by Gasteiger charge is 2.28. The lowest BCUT2D eigenvalue weighted by atomic mass is 9.92. The molecule has 0 saturated heterocycles. The quantitative estimate of drug-likeness (QED) is 0.603. The Bertz CT molecular complexity index is 1300. The van der Waals surface area contributed by atoms with Gasteiger partial charge in [-0.05, 0) is 66.9 Å². The lowest BCUT2D eigenvalue weighted by Crippen LogP contribution is -2.39. The van der Waals surface area contributed by atoms with Gasteiger partial charge in [0.05, 0.1) is 10.9 Å². The molecule has 2 aromatic carbocycles. The maximum atomic E-state index is 13.0. The number of hydrogen-bond donors (Lipinski definition) is 3. The van der Waals surface area contributed by atoms with Gasteiger partial charge in [0.1, 0.15) is 5.82 Å². The van der Waals surface area contributed by atoms with Gasteiger partial charge in [-0.2, -0.15) is 0 Å². The third-order valence-electron chi connectivity index (χ3n) is 5.27. The average molecular weight is 484 g/mol. The number of benzene rings is 2. The highest BCUT2D eigenvalue weighted by atomic mass is 32.2. The van der Waals surface area contributed by atoms with Gasteiger partial charge in [0.2, 0.25) is 21.9 Å². The molecule has 0 aromatic heterocycles. The molecule has 2 unspecified atom stereocenters. The summed E-state index contributed by atoms with van der Waals surface area (Å²) in [4.78, 5) is 32.1. The van der Waals surface area contributed by atoms with E-state index in [0.717, 1.165) is 5.57 Å². The van der Waals surface area contributed by atoms with Gasteiger partial charge in [0.25, 0.3) is 5.91 Å². The van der Waals surface area contributed by atoms with E-state index in [-0.39, 0.29) is 28.4 Å². The number of aliphatic imine (C=N–C) groups is 2. The monoisotopic (exact) mass is 483 g/mol. The minimum atomic E-state index is -3.77. The fraction of sp³-hybridized carbons (Fsp3) is 0.217. The molecule has 1 aliphatic carbocycles. The summed E-state index contributed by atoms with van der Waals surface area (Å²) >= 11 is 0. The minimum Gasteiger partial charge on any atom is -0.326 e. The molecular formula is C23H22FN5O4S. The lowest BCUT2D eigenvalue weighted by Gasteiger charge is -2.27. The highest BCUT2D eigenvalue weighted by Crippen LogP contribution is 2.24. The second-order valence-electron chi connectivity index (χ2n) is 7.87. The Hall–Kier alpha value is -3.70. The Kier molecular flexibility index (Phi) is 6.66. The van der Waals surface area contributed by atoms with Gasteiger partial charge >= 0.3 is 0 Å². The van der Waals surface area contributed by atoms with Crippen molar-refractivity contribution in [2.45, 2.75) is 36.7 Å². The van der Waals surface area contributed by atoms with Crippen molar-refractivity contribution in [2.75, 3.05) is 5.32 Å². The number of rotatable bonds is 5. The highest BCUT2D eigenvalue weighted by molar-refractivity contribution is 7.89. The standard InChI is InChI=1S/C23H22FN5O4S/c1-14(30)26-18-6-9-20(10-7-18)34(32,33)29-19-8-11-21-16(12-19)13-25-23(27-21)28-22(31)15-2-4-17(24)5-3-15/h2-7,9-10,12-13,19,21,29H,8,11H2,1H3,(H,26,30)(H,27,28,31). The molecule has 0 bridgehead atoms. The number of guanidine groups is 1. The lowest BCUT2D eigenvalue weighted by molar-refractivity contribution is -0.114. The fourth-order valence-electron chi connectivity index (χ4n) is 3.64. The van der Waals surface area contributed by atoms with Crippen molar-refractivity contribution in [1.29, 1.82) is 0 Å². The molecule has 0 saturated carbocycles. The van der Waals surface area contributed by atoms with E-state index < -0.39 is 27.8 Å². The normalized spacial score (nSPS) is 19.5. The van der Waals surface area contributed by atoms with Crippen LogP contribution >= 0.6 is 0 Å². The molecule has 0 spiro atoms. The Morgan fingerprint density at radius 2 is 1.71 bits per heavy atom. The van der Waals surface area contributed by atoms with Gasteiger partial charge in [-0.3, -0.25) is 14.9 Å². The molecule has 9 nitrogen and oxygen atoms in total. The summed E-state index contributed by atoms with van der Waals surface area (Å²) < 4.78 is 41.2. The number of nitrogens with one attached hydrogen (secondary N) is 3. The summed E-state index contributed by atoms with van der Waals surface area (Å²) in [6.45, 7) is 1.37. The first-order valence-electron chi connectivity index (χ1n) is 10.5. The summed E-state index contributed by atoms with van der Waals surface area (Å²) in [5.41, 5.74) is 1.54. The van der Waals surface area contributed by atoms with Crippen LogP contribution in [0.15, 0.2) is 75.1 Å². The van der Waals surface area contributed by atoms with Crippen LogP contribution in [0.2, 0.25) is 0 Å². The van der Waals surface area contributed by atoms with Crippen molar-refractivity contribution in [2.24, 2.45) is 9.98 Å². The number of fused-ring (bicyclic) bond motifs is 1. The van der Waals surface area contributed by atoms with Crippen LogP contribution in [0, 0.1) is 5.82 Å². The fourth-order valence-corrected chi connectivity index (χ4v) is 4.85. The van der Waals surface area contributed by atoms with E-state index in [1.807, 2.05) is 0 Å². The minimum absolute atomic E-state index is 0.0863. The largest absolute Gasteiger partial charge is 0.326 e. The molecule has 176 valence electrons. The number of amides is 2. The van der Waals surface area contributed by atoms with Gasteiger partial charge in [0, 0.05) is 30.4 Å². The van der Waals surface area contributed by atoms with E-state index in [2.05, 4.69) is 25.3 Å². The summed E-state index contributed by atoms with van der Waals surface area (Å²) in [5.74, 6) is -0.982. The number of hydrogen-bond acceptors (Lipinski definition) is 6. The SMILES string of the molecule is CC(=O)Nc1ccc(S(=O)(=O)NC2C=C3C=NC(NC(=O)c4ccc(F)cc4)=NC3CC2)cc1. The number of halogens is 1. The number of carbonyl (C=O) groups excluding carboxylic acids is 2. The summed E-state index contributed by atoms with van der Waals surface area (Å²) in [5, 5.41) is 5.19. The summed E-state index contributed by atoms with van der Waals surface area (Å²) in [7, 11) is -3.77. The van der Waals surface area contributed by atoms with Gasteiger partial charge in [-0.25, -0.2) is 27.5 Å². The first-order valence-corrected chi connectivity index (χ1v) is 12.0. The zero-order chi connectivity index (χ0) is 24.3. The molecule has 2 aliphatic rings. The Morgan fingerprint density at radius 1 is 1.00 bits per heavy atom. The van der Waals surface area contributed by atoms with E-state index in [1.165, 1.54) is 55.5 Å². The molecule has 2 aromatic rings. The van der Waals surface area contributed by atoms with Crippen LogP contribution in [0.4, 0.5) is 10.1 Å². The predicted octanol–water partition coefficient (Wildman–Crippen LogP) is 2.39. The van der Waals surface area contributed by atoms with Crippen LogP contribution in [-0.2, 0) is 14.8 Å². The third kappa shape index (κ3) is 5.61. The number of anilines is 1. The van der Waals surface area contributed by atoms with Gasteiger partial charge < -0.3 is 5.32 Å². The molecular weight excluding hydrogens is 461 g/mol. The molecule has 1 heterocycles. The van der Waals surface area contributed by atoms with Crippen molar-refractivity contribution in [3.05, 3.63) is 71.6 Å². The molecule has 11 heteroatoms. The van der Waals surface area contributed by atoms with Gasteiger partial charge in [-0.15, -0.1) is 0 Å². The molecule has 34 heavy (non-hydrogen) atoms. The van der Waals surface area contributed by atoms with Crippen LogP contribution in [0.3, 0.4) is 0 Å². The molecule has 0 fully saturated rings. The van der Waals surface area contributed by atoms with Crippen molar-refractivity contribution in [1.82, 2.24) is 10.0 Å². The molecule has 2 atom stereocenters. The molecule has 4 rings (SSSR count). The zero-order valence-corrected chi connectivity index (χ0v) is 19.0. The van der Waals surface area contributed by atoms with Crippen molar-refractivity contribution >= 4 is 39.7 Å². The zero-order valence-electron chi connectivity index (χ0n) is 18.2. The molecule has 0 radical (unpaired) electrons. The van der Waals surface area contributed by atoms with Crippen LogP contribution < -0.4 is 15.4 Å².